The van der Waals surface area contributed by atoms with Crippen LogP contribution in [0.4, 0.5) is 4.39 Å². The number of pyridine rings is 1. The molecule has 0 amide bonds. The van der Waals surface area contributed by atoms with Gasteiger partial charge < -0.3 is 14.6 Å². The van der Waals surface area contributed by atoms with Crippen LogP contribution in [0.3, 0.4) is 0 Å². The molecule has 0 aliphatic heterocycles. The summed E-state index contributed by atoms with van der Waals surface area (Å²) in [5, 5.41) is 8.90. The predicted molar refractivity (Wildman–Crippen MR) is 87.5 cm³/mol. The first kappa shape index (κ1) is 17.6. The number of rotatable bonds is 7. The van der Waals surface area contributed by atoms with Crippen molar-refractivity contribution in [1.29, 1.82) is 0 Å². The fourth-order valence-corrected chi connectivity index (χ4v) is 2.13. The van der Waals surface area contributed by atoms with E-state index >= 15 is 0 Å². The first-order chi connectivity index (χ1) is 11.6. The summed E-state index contributed by atoms with van der Waals surface area (Å²) in [6, 6.07) is 5.92. The minimum atomic E-state index is -0.618. The Bertz CT molecular complexity index is 746. The summed E-state index contributed by atoms with van der Waals surface area (Å²) >= 11 is 0. The molecule has 1 aromatic heterocycles. The van der Waals surface area contributed by atoms with Gasteiger partial charge in [0.25, 0.3) is 0 Å². The molecule has 0 saturated carbocycles. The van der Waals surface area contributed by atoms with Gasteiger partial charge in [-0.25, -0.2) is 14.2 Å². The molecule has 0 atom stereocenters. The highest BCUT2D eigenvalue weighted by Gasteiger charge is 2.20. The second-order valence-electron chi connectivity index (χ2n) is 4.85. The number of hydrogen-bond acceptors (Lipinski definition) is 5. The Morgan fingerprint density at radius 3 is 2.83 bits per heavy atom. The number of benzene rings is 1. The Kier molecular flexibility index (Phi) is 6.03. The number of hydrogen-bond donors (Lipinski definition) is 1. The molecule has 0 aliphatic rings. The molecule has 24 heavy (non-hydrogen) atoms. The maximum absolute atomic E-state index is 14.2. The Morgan fingerprint density at radius 2 is 2.21 bits per heavy atom. The normalized spacial score (nSPS) is 10.3. The Morgan fingerprint density at radius 1 is 1.42 bits per heavy atom. The van der Waals surface area contributed by atoms with Gasteiger partial charge in [-0.3, -0.25) is 0 Å². The highest BCUT2D eigenvalue weighted by Crippen LogP contribution is 2.29. The van der Waals surface area contributed by atoms with E-state index in [1.54, 1.807) is 19.1 Å². The molecule has 0 fully saturated rings. The van der Waals surface area contributed by atoms with Crippen LogP contribution in [0.2, 0.25) is 0 Å². The zero-order valence-electron chi connectivity index (χ0n) is 13.3. The van der Waals surface area contributed by atoms with E-state index in [1.165, 1.54) is 24.4 Å². The average molecular weight is 331 g/mol. The van der Waals surface area contributed by atoms with Crippen LogP contribution in [0.1, 0.15) is 28.4 Å². The van der Waals surface area contributed by atoms with Gasteiger partial charge in [-0.1, -0.05) is 18.7 Å². The highest BCUT2D eigenvalue weighted by molar-refractivity contribution is 5.96. The van der Waals surface area contributed by atoms with Crippen molar-refractivity contribution >= 4 is 12.0 Å². The summed E-state index contributed by atoms with van der Waals surface area (Å²) in [6.07, 6.45) is 3.25. The van der Waals surface area contributed by atoms with Gasteiger partial charge in [-0.05, 0) is 42.7 Å². The molecule has 0 radical (unpaired) electrons. The predicted octanol–water partition coefficient (Wildman–Crippen LogP) is 3.37. The van der Waals surface area contributed by atoms with Gasteiger partial charge in [0.05, 0.1) is 6.61 Å². The maximum Gasteiger partial charge on any atom is 0.344 e. The fraction of sp³-hybridized carbons (Fsp3) is 0.222. The molecule has 5 nitrogen and oxygen atoms in total. The number of aliphatic hydroxyl groups is 1. The van der Waals surface area contributed by atoms with Crippen molar-refractivity contribution in [3.8, 4) is 11.6 Å². The van der Waals surface area contributed by atoms with E-state index < -0.39 is 11.8 Å². The van der Waals surface area contributed by atoms with E-state index in [4.69, 9.17) is 14.6 Å². The number of aromatic nitrogens is 1. The third-order valence-corrected chi connectivity index (χ3v) is 3.25. The smallest absolute Gasteiger partial charge is 0.344 e. The maximum atomic E-state index is 14.2. The number of aliphatic hydroxyl groups excluding tert-OH is 1. The molecule has 2 rings (SSSR count). The lowest BCUT2D eigenvalue weighted by atomic mass is 10.1. The van der Waals surface area contributed by atoms with Crippen molar-refractivity contribution < 1.29 is 23.8 Å². The second kappa shape index (κ2) is 8.21. The molecule has 0 aliphatic carbocycles. The summed E-state index contributed by atoms with van der Waals surface area (Å²) in [4.78, 5) is 16.2. The largest absolute Gasteiger partial charge is 0.462 e. The highest BCUT2D eigenvalue weighted by atomic mass is 19.1. The van der Waals surface area contributed by atoms with Crippen molar-refractivity contribution in [3.63, 3.8) is 0 Å². The third kappa shape index (κ3) is 3.97. The summed E-state index contributed by atoms with van der Waals surface area (Å²) in [5.41, 5.74) is 1.21. The molecule has 0 saturated heterocycles. The van der Waals surface area contributed by atoms with E-state index in [2.05, 4.69) is 11.6 Å². The van der Waals surface area contributed by atoms with Crippen molar-refractivity contribution in [2.45, 2.75) is 13.3 Å². The third-order valence-electron chi connectivity index (χ3n) is 3.25. The van der Waals surface area contributed by atoms with Crippen LogP contribution in [-0.2, 0) is 11.2 Å². The second-order valence-corrected chi connectivity index (χ2v) is 4.85. The number of carbonyl (C=O) groups is 1. The molecular formula is C18H18FNO4. The average Bonchev–Trinajstić information content (AvgIpc) is 2.57. The van der Waals surface area contributed by atoms with Crippen LogP contribution < -0.4 is 4.74 Å². The number of esters is 1. The Balaban J connectivity index is 2.39. The zero-order valence-corrected chi connectivity index (χ0v) is 13.3. The van der Waals surface area contributed by atoms with Crippen LogP contribution >= 0.6 is 0 Å². The van der Waals surface area contributed by atoms with E-state index in [-0.39, 0.29) is 30.4 Å². The molecule has 1 heterocycles. The van der Waals surface area contributed by atoms with E-state index in [0.29, 0.717) is 17.5 Å². The van der Waals surface area contributed by atoms with Gasteiger partial charge in [-0.2, -0.15) is 0 Å². The van der Waals surface area contributed by atoms with E-state index in [9.17, 15) is 9.18 Å². The van der Waals surface area contributed by atoms with Gasteiger partial charge >= 0.3 is 5.97 Å². The van der Waals surface area contributed by atoms with Crippen molar-refractivity contribution in [2.24, 2.45) is 0 Å². The van der Waals surface area contributed by atoms with Gasteiger partial charge in [-0.15, -0.1) is 0 Å². The number of carbonyl (C=O) groups excluding carboxylic acids is 1. The van der Waals surface area contributed by atoms with Gasteiger partial charge in [0.15, 0.2) is 11.6 Å². The molecule has 6 heteroatoms. The van der Waals surface area contributed by atoms with Gasteiger partial charge in [0.2, 0.25) is 5.88 Å². The lowest BCUT2D eigenvalue weighted by molar-refractivity contribution is 0.0522. The van der Waals surface area contributed by atoms with Crippen LogP contribution in [-0.4, -0.2) is 29.3 Å². The Labute approximate surface area is 139 Å². The zero-order chi connectivity index (χ0) is 17.5. The lowest BCUT2D eigenvalue weighted by Crippen LogP contribution is -2.10. The topological polar surface area (TPSA) is 68.7 Å². The minimum Gasteiger partial charge on any atom is -0.462 e. The first-order valence-corrected chi connectivity index (χ1v) is 7.46. The van der Waals surface area contributed by atoms with Crippen molar-refractivity contribution in [2.75, 3.05) is 13.2 Å². The van der Waals surface area contributed by atoms with Gasteiger partial charge in [0, 0.05) is 12.8 Å². The van der Waals surface area contributed by atoms with Crippen molar-refractivity contribution in [1.82, 2.24) is 4.98 Å². The molecule has 0 bridgehead atoms. The summed E-state index contributed by atoms with van der Waals surface area (Å²) in [7, 11) is 0. The minimum absolute atomic E-state index is 0.0559. The Hall–Kier alpha value is -2.73. The quantitative estimate of drug-likeness (QED) is 0.788. The molecule has 2 aromatic rings. The van der Waals surface area contributed by atoms with E-state index in [1.807, 2.05) is 0 Å². The molecule has 1 N–H and O–H groups in total. The molecule has 1 aromatic carbocycles. The van der Waals surface area contributed by atoms with Crippen LogP contribution in [0.25, 0.3) is 6.08 Å². The standard InChI is InChI=1S/C18H18FNO4/c1-3-13-7-9-20-17(16(13)18(22)23-4-2)24-15-6-5-12(8-10-21)11-14(15)19/h3,5-7,9,11,21H,1,4,8,10H2,2H3. The van der Waals surface area contributed by atoms with Gasteiger partial charge in [0.1, 0.15) is 5.56 Å². The molecule has 0 unspecified atom stereocenters. The SMILES string of the molecule is C=Cc1ccnc(Oc2ccc(CCO)cc2F)c1C(=O)OCC. The summed E-state index contributed by atoms with van der Waals surface area (Å²) in [6.45, 7) is 5.44. The molecule has 0 spiro atoms. The molecule has 126 valence electrons. The summed E-state index contributed by atoms with van der Waals surface area (Å²) in [5.74, 6) is -1.36. The van der Waals surface area contributed by atoms with Crippen molar-refractivity contribution in [3.05, 3.63) is 59.5 Å². The number of ether oxygens (including phenoxy) is 2. The first-order valence-electron chi connectivity index (χ1n) is 7.46. The number of halogens is 1. The molecular weight excluding hydrogens is 313 g/mol. The van der Waals surface area contributed by atoms with Crippen LogP contribution in [0.15, 0.2) is 37.0 Å². The summed E-state index contributed by atoms with van der Waals surface area (Å²) < 4.78 is 24.6. The fourth-order valence-electron chi connectivity index (χ4n) is 2.13. The van der Waals surface area contributed by atoms with Crippen LogP contribution in [0, 0.1) is 5.82 Å². The lowest BCUT2D eigenvalue weighted by Gasteiger charge is -2.12. The van der Waals surface area contributed by atoms with E-state index in [0.717, 1.165) is 0 Å². The van der Waals surface area contributed by atoms with Crippen LogP contribution in [0.5, 0.6) is 11.6 Å². The monoisotopic (exact) mass is 331 g/mol. The number of nitrogens with zero attached hydrogens (tertiary/aromatic N) is 1.